The van der Waals surface area contributed by atoms with Gasteiger partial charge in [-0.15, -0.1) is 10.2 Å². The van der Waals surface area contributed by atoms with Crippen LogP contribution in [0.4, 0.5) is 25.2 Å². The maximum Gasteiger partial charge on any atom is 0.338 e. The van der Waals surface area contributed by atoms with Gasteiger partial charge in [-0.05, 0) is 66.3 Å². The van der Waals surface area contributed by atoms with Crippen molar-refractivity contribution in [2.45, 2.75) is 29.9 Å². The highest BCUT2D eigenvalue weighted by Gasteiger charge is 2.65. The van der Waals surface area contributed by atoms with E-state index in [2.05, 4.69) is 19.6 Å². The number of nitrogens with zero attached hydrogens (tertiary/aromatic N) is 5. The number of anilines is 1. The van der Waals surface area contributed by atoms with Crippen molar-refractivity contribution >= 4 is 33.5 Å². The number of ether oxygens (including phenoxy) is 2. The summed E-state index contributed by atoms with van der Waals surface area (Å²) < 4.78 is 80.8. The zero-order valence-electron chi connectivity index (χ0n) is 21.6. The van der Waals surface area contributed by atoms with Crippen LogP contribution < -0.4 is 4.90 Å². The van der Waals surface area contributed by atoms with Gasteiger partial charge in [0.05, 0.1) is 11.2 Å². The van der Waals surface area contributed by atoms with Crippen LogP contribution in [-0.2, 0) is 21.7 Å². The lowest BCUT2D eigenvalue weighted by atomic mass is 9.84. The maximum absolute atomic E-state index is 13.1. The van der Waals surface area contributed by atoms with Gasteiger partial charge in [-0.2, -0.15) is 4.37 Å². The second-order valence-electron chi connectivity index (χ2n) is 9.41. The van der Waals surface area contributed by atoms with Crippen LogP contribution in [0.3, 0.4) is 0 Å². The summed E-state index contributed by atoms with van der Waals surface area (Å²) >= 11 is 1.09. The Hall–Kier alpha value is -3.69. The van der Waals surface area contributed by atoms with E-state index in [0.29, 0.717) is 71.5 Å². The van der Waals surface area contributed by atoms with Gasteiger partial charge in [0.15, 0.2) is 23.3 Å². The van der Waals surface area contributed by atoms with Gasteiger partial charge >= 0.3 is 16.2 Å². The summed E-state index contributed by atoms with van der Waals surface area (Å²) in [5.74, 6) is 0.433. The normalized spacial score (nSPS) is 17.0. The smallest absolute Gasteiger partial charge is 0.338 e. The molecule has 1 fully saturated rings. The Labute approximate surface area is 236 Å². The summed E-state index contributed by atoms with van der Waals surface area (Å²) in [4.78, 5) is 16.5. The molecule has 0 N–H and O–H groups in total. The van der Waals surface area contributed by atoms with Gasteiger partial charge in [0.1, 0.15) is 10.6 Å². The number of carbonyl (C=O) groups is 1. The number of piperidine rings is 1. The molecule has 0 bridgehead atoms. The van der Waals surface area contributed by atoms with E-state index in [1.165, 1.54) is 7.11 Å². The van der Waals surface area contributed by atoms with Crippen molar-refractivity contribution in [1.82, 2.24) is 19.6 Å². The van der Waals surface area contributed by atoms with Crippen LogP contribution in [0.2, 0.25) is 0 Å². The molecule has 3 heterocycles. The number of rotatable bonds is 8. The van der Waals surface area contributed by atoms with Crippen LogP contribution >= 0.6 is 21.8 Å². The maximum atomic E-state index is 13.1. The Balaban J connectivity index is 1.20. The average molecular weight is 614 g/mol. The molecule has 0 spiro atoms. The molecule has 1 aliphatic heterocycles. The summed E-state index contributed by atoms with van der Waals surface area (Å²) in [5, 5.41) is 9.03. The van der Waals surface area contributed by atoms with Crippen LogP contribution in [0, 0.1) is 0 Å². The highest BCUT2D eigenvalue weighted by atomic mass is 32.5. The van der Waals surface area contributed by atoms with E-state index in [1.54, 1.807) is 42.5 Å². The summed E-state index contributed by atoms with van der Waals surface area (Å²) in [6.07, 6.45) is 0.786. The zero-order valence-corrected chi connectivity index (χ0v) is 23.2. The van der Waals surface area contributed by atoms with E-state index in [1.807, 2.05) is 4.90 Å². The first-order valence-corrected chi connectivity index (χ1v) is 15.0. The minimum atomic E-state index is -9.75. The molecular formula is C26H24F5N5O3S2. The van der Waals surface area contributed by atoms with Gasteiger partial charge < -0.3 is 14.4 Å². The van der Waals surface area contributed by atoms with Crippen LogP contribution in [0.25, 0.3) is 10.7 Å². The molecule has 0 aliphatic carbocycles. The van der Waals surface area contributed by atoms with E-state index in [0.717, 1.165) is 23.7 Å². The molecular weight excluding hydrogens is 589 g/mol. The van der Waals surface area contributed by atoms with E-state index >= 15 is 0 Å². The number of esters is 1. The zero-order chi connectivity index (χ0) is 29.4. The van der Waals surface area contributed by atoms with E-state index < -0.39 is 26.7 Å². The quantitative estimate of drug-likeness (QED) is 0.153. The molecule has 0 radical (unpaired) electrons. The minimum absolute atomic E-state index is 0.0898. The lowest BCUT2D eigenvalue weighted by Crippen LogP contribution is -2.44. The predicted octanol–water partition coefficient (Wildman–Crippen LogP) is 7.15. The number of methoxy groups -OCH3 is 1. The van der Waals surface area contributed by atoms with Crippen molar-refractivity contribution in [3.63, 3.8) is 0 Å². The lowest BCUT2D eigenvalue weighted by Gasteiger charge is -2.43. The number of hydrogen-bond acceptors (Lipinski definition) is 9. The molecule has 1 saturated heterocycles. The Bertz CT molecular complexity index is 1530. The summed E-state index contributed by atoms with van der Waals surface area (Å²) in [6, 6.07) is 15.0. The van der Waals surface area contributed by atoms with Gasteiger partial charge in [-0.1, -0.05) is 49.8 Å². The second kappa shape index (κ2) is 9.99. The standard InChI is InChI=1S/C26H24F5N5O3S2/c1-38-26(19-7-9-20(10-8-19)41(27,28,29,30)31)13-15-36(16-14-26)23-12-11-21(33-34-23)24-32-22(35-40-24)17-39-25(37)18-5-3-2-4-6-18/h2-12H,13-17H2,1H3. The molecule has 2 aromatic heterocycles. The van der Waals surface area contributed by atoms with E-state index in [-0.39, 0.29) is 6.61 Å². The average Bonchev–Trinajstić information content (AvgIpc) is 3.45. The van der Waals surface area contributed by atoms with Crippen LogP contribution in [0.15, 0.2) is 71.6 Å². The Kier molecular flexibility index (Phi) is 7.02. The SMILES string of the molecule is COC1(c2ccc(S(F)(F)(F)(F)F)cc2)CCN(c2ccc(-c3nc(COC(=O)c4ccccc4)ns3)nn2)CC1. The first-order chi connectivity index (χ1) is 19.3. The fraction of sp³-hybridized carbons (Fsp3) is 0.269. The largest absolute Gasteiger partial charge is 0.454 e. The summed E-state index contributed by atoms with van der Waals surface area (Å²) in [7, 11) is -8.30. The number of hydrogen-bond donors (Lipinski definition) is 0. The molecule has 41 heavy (non-hydrogen) atoms. The van der Waals surface area contributed by atoms with Gasteiger partial charge in [-0.25, -0.2) is 9.78 Å². The second-order valence-corrected chi connectivity index (χ2v) is 12.6. The third kappa shape index (κ3) is 6.47. The first kappa shape index (κ1) is 28.8. The van der Waals surface area contributed by atoms with Crippen LogP contribution in [-0.4, -0.2) is 45.7 Å². The lowest BCUT2D eigenvalue weighted by molar-refractivity contribution is -0.0348. The van der Waals surface area contributed by atoms with Crippen LogP contribution in [0.5, 0.6) is 0 Å². The minimum Gasteiger partial charge on any atom is -0.454 e. The topological polar surface area (TPSA) is 90.3 Å². The monoisotopic (exact) mass is 613 g/mol. The number of aromatic nitrogens is 4. The molecule has 2 aromatic carbocycles. The van der Waals surface area contributed by atoms with Crippen molar-refractivity contribution in [2.75, 3.05) is 25.1 Å². The molecule has 0 atom stereocenters. The van der Waals surface area contributed by atoms with Crippen LogP contribution in [0.1, 0.15) is 34.6 Å². The molecule has 0 amide bonds. The Morgan fingerprint density at radius 2 is 1.63 bits per heavy atom. The molecule has 1 aliphatic rings. The van der Waals surface area contributed by atoms with E-state index in [9.17, 15) is 24.2 Å². The molecule has 5 rings (SSSR count). The van der Waals surface area contributed by atoms with Gasteiger partial charge in [0.2, 0.25) is 0 Å². The molecule has 15 heteroatoms. The van der Waals surface area contributed by atoms with Crippen molar-refractivity contribution in [3.8, 4) is 10.7 Å². The van der Waals surface area contributed by atoms with Gasteiger partial charge in [0.25, 0.3) is 0 Å². The van der Waals surface area contributed by atoms with Gasteiger partial charge in [0, 0.05) is 20.2 Å². The molecule has 0 unspecified atom stereocenters. The molecule has 0 saturated carbocycles. The number of benzene rings is 2. The van der Waals surface area contributed by atoms with E-state index in [4.69, 9.17) is 9.47 Å². The molecule has 218 valence electrons. The van der Waals surface area contributed by atoms with Crippen molar-refractivity contribution < 1.29 is 33.7 Å². The predicted molar refractivity (Wildman–Crippen MR) is 144 cm³/mol. The molecule has 8 nitrogen and oxygen atoms in total. The number of carbonyl (C=O) groups excluding carboxylic acids is 1. The fourth-order valence-electron chi connectivity index (χ4n) is 4.54. The van der Waals surface area contributed by atoms with Crippen molar-refractivity contribution in [1.29, 1.82) is 0 Å². The van der Waals surface area contributed by atoms with Crippen molar-refractivity contribution in [3.05, 3.63) is 83.7 Å². The fourth-order valence-corrected chi connectivity index (χ4v) is 5.82. The third-order valence-electron chi connectivity index (χ3n) is 6.79. The first-order valence-electron chi connectivity index (χ1n) is 12.3. The number of halogens is 5. The Morgan fingerprint density at radius 3 is 2.22 bits per heavy atom. The summed E-state index contributed by atoms with van der Waals surface area (Å²) in [6.45, 7) is 0.801. The summed E-state index contributed by atoms with van der Waals surface area (Å²) in [5.41, 5.74) is 0.384. The third-order valence-corrected chi connectivity index (χ3v) is 8.73. The Morgan fingerprint density at radius 1 is 0.951 bits per heavy atom. The highest BCUT2D eigenvalue weighted by molar-refractivity contribution is 8.45. The highest BCUT2D eigenvalue weighted by Crippen LogP contribution is 3.02. The molecule has 4 aromatic rings. The van der Waals surface area contributed by atoms with Gasteiger partial charge in [-0.3, -0.25) is 0 Å². The van der Waals surface area contributed by atoms with Crippen molar-refractivity contribution in [2.24, 2.45) is 0 Å².